The van der Waals surface area contributed by atoms with Gasteiger partial charge < -0.3 is 0 Å². The van der Waals surface area contributed by atoms with E-state index in [1.807, 2.05) is 11.8 Å². The first kappa shape index (κ1) is 8.37. The van der Waals surface area contributed by atoms with Gasteiger partial charge in [-0.1, -0.05) is 36.4 Å². The summed E-state index contributed by atoms with van der Waals surface area (Å²) in [7, 11) is 0. The monoisotopic (exact) mass is 200 g/mol. The molecular formula is C13H12S. The Balaban J connectivity index is 2.13. The van der Waals surface area contributed by atoms with Gasteiger partial charge in [0.2, 0.25) is 0 Å². The van der Waals surface area contributed by atoms with E-state index in [4.69, 9.17) is 0 Å². The lowest BCUT2D eigenvalue weighted by molar-refractivity contribution is 1.07. The number of fused-ring (bicyclic) bond motifs is 3. The highest BCUT2D eigenvalue weighted by atomic mass is 32.2. The minimum atomic E-state index is 0.572. The van der Waals surface area contributed by atoms with Crippen LogP contribution < -0.4 is 0 Å². The van der Waals surface area contributed by atoms with Crippen molar-refractivity contribution in [1.82, 2.24) is 0 Å². The Morgan fingerprint density at radius 1 is 1.21 bits per heavy atom. The molecule has 14 heavy (non-hydrogen) atoms. The average molecular weight is 200 g/mol. The summed E-state index contributed by atoms with van der Waals surface area (Å²) < 4.78 is 0. The first-order chi connectivity index (χ1) is 6.93. The number of rotatable bonds is 0. The molecule has 1 atom stereocenters. The molecule has 1 aliphatic carbocycles. The highest BCUT2D eigenvalue weighted by Gasteiger charge is 2.18. The molecule has 1 unspecified atom stereocenters. The van der Waals surface area contributed by atoms with Crippen molar-refractivity contribution in [3.63, 3.8) is 0 Å². The Morgan fingerprint density at radius 3 is 3.14 bits per heavy atom. The molecule has 0 fully saturated rings. The van der Waals surface area contributed by atoms with Gasteiger partial charge in [0.25, 0.3) is 0 Å². The fourth-order valence-electron chi connectivity index (χ4n) is 2.09. The molecule has 0 radical (unpaired) electrons. The lowest BCUT2D eigenvalue weighted by Gasteiger charge is -2.19. The third-order valence-electron chi connectivity index (χ3n) is 2.77. The largest absolute Gasteiger partial charge is 0.114 e. The van der Waals surface area contributed by atoms with Gasteiger partial charge in [-0.3, -0.25) is 0 Å². The van der Waals surface area contributed by atoms with Crippen LogP contribution in [0.3, 0.4) is 0 Å². The SMILES string of the molecule is C1=CC2C=C(CC1)c1ccccc1S2. The first-order valence-corrected chi connectivity index (χ1v) is 5.95. The summed E-state index contributed by atoms with van der Waals surface area (Å²) >= 11 is 1.96. The van der Waals surface area contributed by atoms with Crippen molar-refractivity contribution in [3.05, 3.63) is 48.1 Å². The van der Waals surface area contributed by atoms with E-state index in [0.29, 0.717) is 5.25 Å². The van der Waals surface area contributed by atoms with Gasteiger partial charge >= 0.3 is 0 Å². The molecule has 1 heteroatoms. The van der Waals surface area contributed by atoms with Crippen molar-refractivity contribution >= 4 is 17.3 Å². The van der Waals surface area contributed by atoms with Gasteiger partial charge in [-0.15, -0.1) is 11.8 Å². The quantitative estimate of drug-likeness (QED) is 0.572. The van der Waals surface area contributed by atoms with E-state index in [-0.39, 0.29) is 0 Å². The molecule has 70 valence electrons. The van der Waals surface area contributed by atoms with Gasteiger partial charge in [0.1, 0.15) is 0 Å². The van der Waals surface area contributed by atoms with Gasteiger partial charge in [0.05, 0.1) is 0 Å². The van der Waals surface area contributed by atoms with Crippen molar-refractivity contribution in [2.45, 2.75) is 23.0 Å². The molecule has 0 amide bonds. The number of hydrogen-bond acceptors (Lipinski definition) is 1. The van der Waals surface area contributed by atoms with Crippen LogP contribution in [0.5, 0.6) is 0 Å². The third kappa shape index (κ3) is 1.32. The summed E-state index contributed by atoms with van der Waals surface area (Å²) in [6.07, 6.45) is 9.44. The smallest absolute Gasteiger partial charge is 0.0461 e. The maximum absolute atomic E-state index is 2.41. The van der Waals surface area contributed by atoms with Crippen LogP contribution in [-0.4, -0.2) is 5.25 Å². The summed E-state index contributed by atoms with van der Waals surface area (Å²) in [5.41, 5.74) is 2.99. The molecule has 1 aromatic rings. The van der Waals surface area contributed by atoms with Gasteiger partial charge in [-0.05, 0) is 30.0 Å². The molecule has 0 nitrogen and oxygen atoms in total. The zero-order valence-electron chi connectivity index (χ0n) is 7.94. The van der Waals surface area contributed by atoms with Crippen LogP contribution in [0.2, 0.25) is 0 Å². The fraction of sp³-hybridized carbons (Fsp3) is 0.231. The van der Waals surface area contributed by atoms with Crippen molar-refractivity contribution in [3.8, 4) is 0 Å². The van der Waals surface area contributed by atoms with E-state index in [0.717, 1.165) is 0 Å². The summed E-state index contributed by atoms with van der Waals surface area (Å²) in [6.45, 7) is 0. The van der Waals surface area contributed by atoms with Crippen LogP contribution in [0, 0.1) is 0 Å². The molecule has 1 aromatic carbocycles. The van der Waals surface area contributed by atoms with Crippen LogP contribution in [0.25, 0.3) is 5.57 Å². The maximum atomic E-state index is 2.41. The van der Waals surface area contributed by atoms with Gasteiger partial charge in [-0.25, -0.2) is 0 Å². The molecule has 3 rings (SSSR count). The Kier molecular flexibility index (Phi) is 1.98. The third-order valence-corrected chi connectivity index (χ3v) is 3.94. The molecule has 0 saturated carbocycles. The van der Waals surface area contributed by atoms with Gasteiger partial charge in [-0.2, -0.15) is 0 Å². The van der Waals surface area contributed by atoms with Crippen molar-refractivity contribution in [2.75, 3.05) is 0 Å². The minimum Gasteiger partial charge on any atom is -0.114 e. The van der Waals surface area contributed by atoms with E-state index >= 15 is 0 Å². The lowest BCUT2D eigenvalue weighted by atomic mass is 10.0. The van der Waals surface area contributed by atoms with Crippen molar-refractivity contribution in [1.29, 1.82) is 0 Å². The molecule has 0 aromatic heterocycles. The highest BCUT2D eigenvalue weighted by molar-refractivity contribution is 8.00. The van der Waals surface area contributed by atoms with Gasteiger partial charge in [0.15, 0.2) is 0 Å². The standard InChI is InChI=1S/C13H12S/c1-2-6-11-9-10(5-1)12-7-3-4-8-13(12)14-11/h2-4,6-9,11H,1,5H2. The Morgan fingerprint density at radius 2 is 2.14 bits per heavy atom. The van der Waals surface area contributed by atoms with Crippen molar-refractivity contribution < 1.29 is 0 Å². The molecule has 1 aliphatic heterocycles. The second-order valence-corrected chi connectivity index (χ2v) is 4.96. The Bertz CT molecular complexity index is 415. The summed E-state index contributed by atoms with van der Waals surface area (Å²) in [4.78, 5) is 1.45. The highest BCUT2D eigenvalue weighted by Crippen LogP contribution is 2.41. The summed E-state index contributed by atoms with van der Waals surface area (Å²) in [5.74, 6) is 0. The molecule has 2 bridgehead atoms. The zero-order valence-corrected chi connectivity index (χ0v) is 8.76. The maximum Gasteiger partial charge on any atom is 0.0461 e. The van der Waals surface area contributed by atoms with Gasteiger partial charge in [0, 0.05) is 10.1 Å². The normalized spacial score (nSPS) is 23.7. The fourth-order valence-corrected chi connectivity index (χ4v) is 3.28. The molecule has 1 heterocycles. The summed E-state index contributed by atoms with van der Waals surface area (Å²) in [6, 6.07) is 8.75. The summed E-state index contributed by atoms with van der Waals surface area (Å²) in [5, 5.41) is 0.572. The molecular weight excluding hydrogens is 188 g/mol. The van der Waals surface area contributed by atoms with E-state index in [1.54, 1.807) is 0 Å². The van der Waals surface area contributed by atoms with E-state index in [1.165, 1.54) is 28.9 Å². The molecule has 0 spiro atoms. The van der Waals surface area contributed by atoms with Crippen LogP contribution in [0.1, 0.15) is 18.4 Å². The van der Waals surface area contributed by atoms with Crippen molar-refractivity contribution in [2.24, 2.45) is 0 Å². The predicted octanol–water partition coefficient (Wildman–Crippen LogP) is 3.89. The Hall–Kier alpha value is -0.950. The number of allylic oxidation sites excluding steroid dienone is 2. The Labute approximate surface area is 88.7 Å². The second-order valence-electron chi connectivity index (χ2n) is 3.74. The van der Waals surface area contributed by atoms with Crippen LogP contribution >= 0.6 is 11.8 Å². The molecule has 2 aliphatic rings. The van der Waals surface area contributed by atoms with E-state index in [9.17, 15) is 0 Å². The van der Waals surface area contributed by atoms with Crippen LogP contribution in [-0.2, 0) is 0 Å². The minimum absolute atomic E-state index is 0.572. The van der Waals surface area contributed by atoms with E-state index < -0.39 is 0 Å². The first-order valence-electron chi connectivity index (χ1n) is 5.07. The van der Waals surface area contributed by atoms with Crippen LogP contribution in [0.15, 0.2) is 47.4 Å². The number of thioether (sulfide) groups is 1. The topological polar surface area (TPSA) is 0 Å². The second kappa shape index (κ2) is 3.32. The van der Waals surface area contributed by atoms with E-state index in [2.05, 4.69) is 42.5 Å². The average Bonchev–Trinajstić information content (AvgIpc) is 2.41. The zero-order chi connectivity index (χ0) is 9.38. The lowest BCUT2D eigenvalue weighted by Crippen LogP contribution is -2.01. The number of hydrogen-bond donors (Lipinski definition) is 0. The molecule has 0 N–H and O–H groups in total. The molecule has 0 saturated heterocycles. The van der Waals surface area contributed by atoms with Crippen LogP contribution in [0.4, 0.5) is 0 Å². The predicted molar refractivity (Wildman–Crippen MR) is 62.4 cm³/mol. The number of benzene rings is 1.